The van der Waals surface area contributed by atoms with Gasteiger partial charge in [0.25, 0.3) is 0 Å². The molecule has 3 aromatic rings. The summed E-state index contributed by atoms with van der Waals surface area (Å²) in [5, 5.41) is 9.70. The summed E-state index contributed by atoms with van der Waals surface area (Å²) in [5.41, 5.74) is 2.07. The molecule has 0 saturated carbocycles. The van der Waals surface area contributed by atoms with Crippen molar-refractivity contribution < 1.29 is 9.18 Å². The van der Waals surface area contributed by atoms with Crippen LogP contribution in [0.15, 0.2) is 53.3 Å². The molecule has 0 spiro atoms. The summed E-state index contributed by atoms with van der Waals surface area (Å²) in [6, 6.07) is 12.9. The average molecular weight is 369 g/mol. The van der Waals surface area contributed by atoms with E-state index < -0.39 is 0 Å². The van der Waals surface area contributed by atoms with Crippen molar-refractivity contribution in [2.24, 2.45) is 7.05 Å². The van der Waals surface area contributed by atoms with E-state index in [2.05, 4.69) is 15.7 Å². The SMILES string of the molecule is Cc1cccc(NC(=O)NCCn2nc(-c3ccc(F)cc3)n(C)c2=O)c1. The summed E-state index contributed by atoms with van der Waals surface area (Å²) < 4.78 is 15.7. The van der Waals surface area contributed by atoms with Crippen molar-refractivity contribution >= 4 is 11.7 Å². The minimum absolute atomic E-state index is 0.217. The first-order valence-electron chi connectivity index (χ1n) is 8.45. The molecule has 0 unspecified atom stereocenters. The Hall–Kier alpha value is -3.42. The average Bonchev–Trinajstić information content (AvgIpc) is 2.91. The maximum atomic E-state index is 13.1. The number of aromatic nitrogens is 3. The number of urea groups is 1. The third-order valence-corrected chi connectivity index (χ3v) is 4.03. The van der Waals surface area contributed by atoms with Crippen LogP contribution in [0.5, 0.6) is 0 Å². The molecule has 0 atom stereocenters. The standard InChI is InChI=1S/C19H20FN5O2/c1-13-4-3-5-16(12-13)22-18(26)21-10-11-25-19(27)24(2)17(23-25)14-6-8-15(20)9-7-14/h3-9,12H,10-11H2,1-2H3,(H2,21,22,26). The summed E-state index contributed by atoms with van der Waals surface area (Å²) in [5.74, 6) is 0.0798. The first-order valence-corrected chi connectivity index (χ1v) is 8.45. The number of amides is 2. The van der Waals surface area contributed by atoms with Crippen LogP contribution in [-0.2, 0) is 13.6 Å². The van der Waals surface area contributed by atoms with E-state index in [4.69, 9.17) is 0 Å². The van der Waals surface area contributed by atoms with E-state index in [1.165, 1.54) is 21.4 Å². The van der Waals surface area contributed by atoms with E-state index in [-0.39, 0.29) is 30.6 Å². The fourth-order valence-corrected chi connectivity index (χ4v) is 2.66. The molecule has 1 heterocycles. The minimum Gasteiger partial charge on any atom is -0.336 e. The number of aryl methyl sites for hydroxylation is 1. The molecule has 0 radical (unpaired) electrons. The van der Waals surface area contributed by atoms with Crippen LogP contribution in [0.25, 0.3) is 11.4 Å². The second-order valence-corrected chi connectivity index (χ2v) is 6.15. The predicted octanol–water partition coefficient (Wildman–Crippen LogP) is 2.52. The Morgan fingerprint density at radius 3 is 2.63 bits per heavy atom. The molecule has 0 saturated heterocycles. The van der Waals surface area contributed by atoms with Crippen molar-refractivity contribution in [3.63, 3.8) is 0 Å². The molecule has 2 aromatic carbocycles. The van der Waals surface area contributed by atoms with Crippen LogP contribution in [0, 0.1) is 12.7 Å². The largest absolute Gasteiger partial charge is 0.345 e. The second-order valence-electron chi connectivity index (χ2n) is 6.15. The number of hydrogen-bond donors (Lipinski definition) is 2. The highest BCUT2D eigenvalue weighted by Gasteiger charge is 2.12. The third-order valence-electron chi connectivity index (χ3n) is 4.03. The molecule has 0 fully saturated rings. The molecular formula is C19H20FN5O2. The smallest absolute Gasteiger partial charge is 0.336 e. The molecule has 0 aliphatic rings. The van der Waals surface area contributed by atoms with Gasteiger partial charge in [-0.2, -0.15) is 0 Å². The lowest BCUT2D eigenvalue weighted by atomic mass is 10.2. The van der Waals surface area contributed by atoms with Gasteiger partial charge in [0.05, 0.1) is 6.54 Å². The quantitative estimate of drug-likeness (QED) is 0.725. The molecule has 0 aliphatic carbocycles. The first kappa shape index (κ1) is 18.4. The zero-order chi connectivity index (χ0) is 19.4. The van der Waals surface area contributed by atoms with Crippen molar-refractivity contribution in [1.29, 1.82) is 0 Å². The van der Waals surface area contributed by atoms with Crippen LogP contribution in [0.2, 0.25) is 0 Å². The maximum absolute atomic E-state index is 13.1. The zero-order valence-electron chi connectivity index (χ0n) is 15.1. The number of nitrogens with zero attached hydrogens (tertiary/aromatic N) is 3. The van der Waals surface area contributed by atoms with Gasteiger partial charge in [-0.05, 0) is 48.9 Å². The Labute approximate surface area is 155 Å². The lowest BCUT2D eigenvalue weighted by molar-refractivity contribution is 0.251. The number of hydrogen-bond acceptors (Lipinski definition) is 3. The van der Waals surface area contributed by atoms with Gasteiger partial charge in [-0.3, -0.25) is 4.57 Å². The van der Waals surface area contributed by atoms with Gasteiger partial charge in [0.15, 0.2) is 5.82 Å². The normalized spacial score (nSPS) is 10.6. The molecular weight excluding hydrogens is 349 g/mol. The topological polar surface area (TPSA) is 81.0 Å². The number of nitrogens with one attached hydrogen (secondary N) is 2. The number of benzene rings is 2. The Balaban J connectivity index is 1.61. The van der Waals surface area contributed by atoms with Crippen LogP contribution in [0.4, 0.5) is 14.9 Å². The molecule has 0 aliphatic heterocycles. The van der Waals surface area contributed by atoms with E-state index >= 15 is 0 Å². The second kappa shape index (κ2) is 7.86. The van der Waals surface area contributed by atoms with E-state index in [0.717, 1.165) is 5.56 Å². The molecule has 2 amide bonds. The van der Waals surface area contributed by atoms with Crippen LogP contribution in [0.1, 0.15) is 5.56 Å². The molecule has 1 aromatic heterocycles. The Kier molecular flexibility index (Phi) is 5.35. The summed E-state index contributed by atoms with van der Waals surface area (Å²) >= 11 is 0. The van der Waals surface area contributed by atoms with E-state index in [1.54, 1.807) is 25.2 Å². The zero-order valence-corrected chi connectivity index (χ0v) is 15.1. The molecule has 27 heavy (non-hydrogen) atoms. The summed E-state index contributed by atoms with van der Waals surface area (Å²) in [4.78, 5) is 24.2. The van der Waals surface area contributed by atoms with Gasteiger partial charge in [0, 0.05) is 24.8 Å². The molecule has 140 valence electrons. The first-order chi connectivity index (χ1) is 12.9. The van der Waals surface area contributed by atoms with Gasteiger partial charge in [0.2, 0.25) is 0 Å². The Bertz CT molecular complexity index is 1010. The van der Waals surface area contributed by atoms with Crippen molar-refractivity contribution in [1.82, 2.24) is 19.7 Å². The van der Waals surface area contributed by atoms with E-state index in [0.29, 0.717) is 17.1 Å². The van der Waals surface area contributed by atoms with Gasteiger partial charge in [-0.1, -0.05) is 12.1 Å². The molecule has 7 nitrogen and oxygen atoms in total. The third kappa shape index (κ3) is 4.41. The predicted molar refractivity (Wildman–Crippen MR) is 101 cm³/mol. The molecule has 2 N–H and O–H groups in total. The molecule has 8 heteroatoms. The Morgan fingerprint density at radius 1 is 1.19 bits per heavy atom. The Morgan fingerprint density at radius 2 is 1.93 bits per heavy atom. The highest BCUT2D eigenvalue weighted by Crippen LogP contribution is 2.15. The lowest BCUT2D eigenvalue weighted by Crippen LogP contribution is -2.34. The molecule has 3 rings (SSSR count). The van der Waals surface area contributed by atoms with Crippen LogP contribution < -0.4 is 16.3 Å². The van der Waals surface area contributed by atoms with Crippen LogP contribution in [0.3, 0.4) is 0 Å². The summed E-state index contributed by atoms with van der Waals surface area (Å²) in [6.45, 7) is 2.39. The minimum atomic E-state index is -0.358. The highest BCUT2D eigenvalue weighted by atomic mass is 19.1. The van der Waals surface area contributed by atoms with Crippen LogP contribution in [-0.4, -0.2) is 26.9 Å². The van der Waals surface area contributed by atoms with Gasteiger partial charge in [0.1, 0.15) is 5.82 Å². The van der Waals surface area contributed by atoms with E-state index in [9.17, 15) is 14.0 Å². The van der Waals surface area contributed by atoms with Gasteiger partial charge < -0.3 is 10.6 Å². The number of anilines is 1. The van der Waals surface area contributed by atoms with Gasteiger partial charge >= 0.3 is 11.7 Å². The monoisotopic (exact) mass is 369 g/mol. The van der Waals surface area contributed by atoms with Gasteiger partial charge in [-0.15, -0.1) is 5.10 Å². The van der Waals surface area contributed by atoms with Crippen molar-refractivity contribution in [3.05, 3.63) is 70.4 Å². The van der Waals surface area contributed by atoms with Crippen molar-refractivity contribution in [2.45, 2.75) is 13.5 Å². The fourth-order valence-electron chi connectivity index (χ4n) is 2.66. The maximum Gasteiger partial charge on any atom is 0.345 e. The van der Waals surface area contributed by atoms with Crippen molar-refractivity contribution in [3.8, 4) is 11.4 Å². The van der Waals surface area contributed by atoms with E-state index in [1.807, 2.05) is 25.1 Å². The highest BCUT2D eigenvalue weighted by molar-refractivity contribution is 5.89. The van der Waals surface area contributed by atoms with Gasteiger partial charge in [-0.25, -0.2) is 18.7 Å². The fraction of sp³-hybridized carbons (Fsp3) is 0.211. The number of carbonyl (C=O) groups is 1. The summed E-state index contributed by atoms with van der Waals surface area (Å²) in [7, 11) is 1.60. The number of rotatable bonds is 5. The lowest BCUT2D eigenvalue weighted by Gasteiger charge is -2.07. The van der Waals surface area contributed by atoms with Crippen molar-refractivity contribution in [2.75, 3.05) is 11.9 Å². The molecule has 0 bridgehead atoms. The number of halogens is 1. The number of carbonyl (C=O) groups excluding carboxylic acids is 1. The van der Waals surface area contributed by atoms with Crippen LogP contribution >= 0.6 is 0 Å². The summed E-state index contributed by atoms with van der Waals surface area (Å²) in [6.07, 6.45) is 0.